The van der Waals surface area contributed by atoms with E-state index < -0.39 is 6.04 Å². The van der Waals surface area contributed by atoms with Gasteiger partial charge >= 0.3 is 0 Å². The summed E-state index contributed by atoms with van der Waals surface area (Å²) in [5.74, 6) is 0.876. The van der Waals surface area contributed by atoms with E-state index in [2.05, 4.69) is 13.8 Å². The van der Waals surface area contributed by atoms with Crippen LogP contribution in [0.3, 0.4) is 0 Å². The maximum absolute atomic E-state index is 11.7. The Morgan fingerprint density at radius 1 is 1.64 bits per heavy atom. The molecular formula is C11H19NO2. The summed E-state index contributed by atoms with van der Waals surface area (Å²) in [5, 5.41) is 0. The van der Waals surface area contributed by atoms with E-state index in [4.69, 9.17) is 10.5 Å². The molecule has 0 saturated heterocycles. The van der Waals surface area contributed by atoms with E-state index in [9.17, 15) is 4.79 Å². The van der Waals surface area contributed by atoms with E-state index in [1.165, 1.54) is 0 Å². The standard InChI is InChI=1S/C11H19NO2/c1-8(2)7-9(12)11(13)10-5-3-4-6-14-10/h5,8-9H,3-4,6-7,12H2,1-2H3. The van der Waals surface area contributed by atoms with Crippen LogP contribution in [-0.4, -0.2) is 18.4 Å². The van der Waals surface area contributed by atoms with Gasteiger partial charge in [0.05, 0.1) is 12.6 Å². The lowest BCUT2D eigenvalue weighted by molar-refractivity contribution is -0.120. The van der Waals surface area contributed by atoms with Crippen LogP contribution >= 0.6 is 0 Å². The molecule has 0 aromatic carbocycles. The molecule has 0 aromatic rings. The summed E-state index contributed by atoms with van der Waals surface area (Å²) in [7, 11) is 0. The van der Waals surface area contributed by atoms with Crippen molar-refractivity contribution < 1.29 is 9.53 Å². The number of ketones is 1. The Morgan fingerprint density at radius 3 is 2.86 bits per heavy atom. The predicted molar refractivity (Wildman–Crippen MR) is 55.7 cm³/mol. The lowest BCUT2D eigenvalue weighted by atomic mass is 9.99. The molecular weight excluding hydrogens is 178 g/mol. The molecule has 0 bridgehead atoms. The van der Waals surface area contributed by atoms with E-state index >= 15 is 0 Å². The monoisotopic (exact) mass is 197 g/mol. The van der Waals surface area contributed by atoms with Gasteiger partial charge in [-0.05, 0) is 31.3 Å². The van der Waals surface area contributed by atoms with Gasteiger partial charge in [0, 0.05) is 0 Å². The normalized spacial score (nSPS) is 18.7. The number of allylic oxidation sites excluding steroid dienone is 1. The Labute approximate surface area is 85.3 Å². The first-order valence-electron chi connectivity index (χ1n) is 5.24. The van der Waals surface area contributed by atoms with Crippen LogP contribution in [0.15, 0.2) is 11.8 Å². The van der Waals surface area contributed by atoms with Crippen molar-refractivity contribution in [3.05, 3.63) is 11.8 Å². The first-order chi connectivity index (χ1) is 6.61. The molecule has 3 heteroatoms. The Hall–Kier alpha value is -0.830. The van der Waals surface area contributed by atoms with Crippen LogP contribution < -0.4 is 5.73 Å². The molecule has 3 nitrogen and oxygen atoms in total. The number of Topliss-reactive ketones (excluding diaryl/α,β-unsaturated/α-hetero) is 1. The van der Waals surface area contributed by atoms with Crippen molar-refractivity contribution in [1.29, 1.82) is 0 Å². The van der Waals surface area contributed by atoms with Crippen molar-refractivity contribution in [3.63, 3.8) is 0 Å². The fraction of sp³-hybridized carbons (Fsp3) is 0.727. The smallest absolute Gasteiger partial charge is 0.213 e. The molecule has 0 saturated carbocycles. The number of nitrogens with two attached hydrogens (primary N) is 1. The minimum atomic E-state index is -0.403. The zero-order valence-corrected chi connectivity index (χ0v) is 8.95. The van der Waals surface area contributed by atoms with Crippen molar-refractivity contribution in [3.8, 4) is 0 Å². The van der Waals surface area contributed by atoms with Crippen molar-refractivity contribution >= 4 is 5.78 Å². The van der Waals surface area contributed by atoms with E-state index in [1.807, 2.05) is 6.08 Å². The summed E-state index contributed by atoms with van der Waals surface area (Å²) >= 11 is 0. The number of hydrogen-bond acceptors (Lipinski definition) is 3. The van der Waals surface area contributed by atoms with Crippen molar-refractivity contribution in [1.82, 2.24) is 0 Å². The second kappa shape index (κ2) is 5.15. The molecule has 2 N–H and O–H groups in total. The maximum atomic E-state index is 11.7. The molecule has 1 rings (SSSR count). The summed E-state index contributed by atoms with van der Waals surface area (Å²) in [6.07, 6.45) is 4.50. The summed E-state index contributed by atoms with van der Waals surface area (Å²) in [5.41, 5.74) is 5.78. The third-order valence-electron chi connectivity index (χ3n) is 2.24. The van der Waals surface area contributed by atoms with Gasteiger partial charge in [-0.25, -0.2) is 0 Å². The van der Waals surface area contributed by atoms with Crippen molar-refractivity contribution in [2.75, 3.05) is 6.61 Å². The van der Waals surface area contributed by atoms with Gasteiger partial charge in [0.1, 0.15) is 0 Å². The van der Waals surface area contributed by atoms with Gasteiger partial charge < -0.3 is 10.5 Å². The quantitative estimate of drug-likeness (QED) is 0.745. The number of carbonyl (C=O) groups is 1. The Balaban J connectivity index is 2.50. The number of ether oxygens (including phenoxy) is 1. The van der Waals surface area contributed by atoms with Gasteiger partial charge in [0.25, 0.3) is 0 Å². The van der Waals surface area contributed by atoms with Crippen LogP contribution in [0.2, 0.25) is 0 Å². The van der Waals surface area contributed by atoms with Crippen LogP contribution in [0.1, 0.15) is 33.1 Å². The molecule has 1 aliphatic heterocycles. The maximum Gasteiger partial charge on any atom is 0.213 e. The van der Waals surface area contributed by atoms with Crippen molar-refractivity contribution in [2.45, 2.75) is 39.2 Å². The zero-order valence-electron chi connectivity index (χ0n) is 8.95. The fourth-order valence-corrected chi connectivity index (χ4v) is 1.53. The summed E-state index contributed by atoms with van der Waals surface area (Å²) in [4.78, 5) is 11.7. The van der Waals surface area contributed by atoms with Crippen LogP contribution in [0.4, 0.5) is 0 Å². The first kappa shape index (κ1) is 11.2. The van der Waals surface area contributed by atoms with Gasteiger partial charge in [0.2, 0.25) is 5.78 Å². The second-order valence-electron chi connectivity index (χ2n) is 4.16. The fourth-order valence-electron chi connectivity index (χ4n) is 1.53. The third-order valence-corrected chi connectivity index (χ3v) is 2.24. The molecule has 0 aromatic heterocycles. The average molecular weight is 197 g/mol. The first-order valence-corrected chi connectivity index (χ1v) is 5.24. The molecule has 0 radical (unpaired) electrons. The minimum Gasteiger partial charge on any atom is -0.490 e. The molecule has 0 aliphatic carbocycles. The highest BCUT2D eigenvalue weighted by Gasteiger charge is 2.21. The SMILES string of the molecule is CC(C)CC(N)C(=O)C1=CCCCO1. The van der Waals surface area contributed by atoms with Gasteiger partial charge in [-0.15, -0.1) is 0 Å². The molecule has 0 spiro atoms. The van der Waals surface area contributed by atoms with E-state index in [-0.39, 0.29) is 5.78 Å². The van der Waals surface area contributed by atoms with E-state index in [0.717, 1.165) is 19.3 Å². The van der Waals surface area contributed by atoms with Crippen molar-refractivity contribution in [2.24, 2.45) is 11.7 Å². The lowest BCUT2D eigenvalue weighted by Crippen LogP contribution is -2.34. The lowest BCUT2D eigenvalue weighted by Gasteiger charge is -2.18. The van der Waals surface area contributed by atoms with Crippen LogP contribution in [0.5, 0.6) is 0 Å². The van der Waals surface area contributed by atoms with E-state index in [0.29, 0.717) is 18.3 Å². The number of hydrogen-bond donors (Lipinski definition) is 1. The molecule has 1 heterocycles. The second-order valence-corrected chi connectivity index (χ2v) is 4.16. The molecule has 1 aliphatic rings. The third kappa shape index (κ3) is 3.14. The highest BCUT2D eigenvalue weighted by atomic mass is 16.5. The highest BCUT2D eigenvalue weighted by Crippen LogP contribution is 2.14. The average Bonchev–Trinajstić information content (AvgIpc) is 2.17. The molecule has 0 amide bonds. The van der Waals surface area contributed by atoms with Crippen LogP contribution in [0, 0.1) is 5.92 Å². The van der Waals surface area contributed by atoms with Gasteiger partial charge in [-0.1, -0.05) is 13.8 Å². The largest absolute Gasteiger partial charge is 0.490 e. The van der Waals surface area contributed by atoms with Gasteiger partial charge in [0.15, 0.2) is 5.76 Å². The zero-order chi connectivity index (χ0) is 10.6. The molecule has 14 heavy (non-hydrogen) atoms. The van der Waals surface area contributed by atoms with Crippen LogP contribution in [-0.2, 0) is 9.53 Å². The highest BCUT2D eigenvalue weighted by molar-refractivity contribution is 5.97. The Bertz CT molecular complexity index is 233. The molecule has 1 unspecified atom stereocenters. The van der Waals surface area contributed by atoms with Crippen LogP contribution in [0.25, 0.3) is 0 Å². The summed E-state index contributed by atoms with van der Waals surface area (Å²) < 4.78 is 5.27. The Kier molecular flexibility index (Phi) is 4.14. The minimum absolute atomic E-state index is 0.0431. The Morgan fingerprint density at radius 2 is 2.36 bits per heavy atom. The molecule has 0 fully saturated rings. The van der Waals surface area contributed by atoms with Gasteiger partial charge in [-0.2, -0.15) is 0 Å². The number of carbonyl (C=O) groups excluding carboxylic acids is 1. The summed E-state index contributed by atoms with van der Waals surface area (Å²) in [6, 6.07) is -0.403. The molecule has 80 valence electrons. The van der Waals surface area contributed by atoms with Gasteiger partial charge in [-0.3, -0.25) is 4.79 Å². The summed E-state index contributed by atoms with van der Waals surface area (Å²) in [6.45, 7) is 4.76. The topological polar surface area (TPSA) is 52.3 Å². The molecule has 1 atom stereocenters. The van der Waals surface area contributed by atoms with E-state index in [1.54, 1.807) is 0 Å². The number of rotatable bonds is 4. The predicted octanol–water partition coefficient (Wildman–Crippen LogP) is 1.62.